The number of aromatic nitrogens is 1. The van der Waals surface area contributed by atoms with Crippen molar-refractivity contribution in [1.82, 2.24) is 0 Å². The van der Waals surface area contributed by atoms with Gasteiger partial charge in [0.25, 0.3) is 0 Å². The van der Waals surface area contributed by atoms with Crippen LogP contribution < -0.4 is 4.57 Å². The Balaban J connectivity index is 2.44. The van der Waals surface area contributed by atoms with Crippen molar-refractivity contribution in [2.75, 3.05) is 0 Å². The second kappa shape index (κ2) is 3.70. The number of hydrogen-bond acceptors (Lipinski definition) is 0. The lowest BCUT2D eigenvalue weighted by Gasteiger charge is -2.14. The maximum absolute atomic E-state index is 2.27. The molecule has 0 aliphatic carbocycles. The van der Waals surface area contributed by atoms with Gasteiger partial charge in [0, 0.05) is 18.6 Å². The summed E-state index contributed by atoms with van der Waals surface area (Å²) in [4.78, 5) is 0. The lowest BCUT2D eigenvalue weighted by Crippen LogP contribution is -2.34. The van der Waals surface area contributed by atoms with Gasteiger partial charge in [-0.2, -0.15) is 0 Å². The highest BCUT2D eigenvalue weighted by atomic mass is 14.9. The Morgan fingerprint density at radius 3 is 2.08 bits per heavy atom. The van der Waals surface area contributed by atoms with Crippen LogP contribution in [0.4, 0.5) is 0 Å². The number of aryl methyl sites for hydroxylation is 1. The van der Waals surface area contributed by atoms with Crippen molar-refractivity contribution in [3.8, 4) is 0 Å². The van der Waals surface area contributed by atoms with Crippen molar-refractivity contribution in [3.63, 3.8) is 0 Å². The molecule has 0 bridgehead atoms. The first kappa shape index (κ1) is 9.24. The van der Waals surface area contributed by atoms with Crippen LogP contribution in [0.3, 0.4) is 0 Å². The van der Waals surface area contributed by atoms with E-state index in [1.54, 1.807) is 0 Å². The van der Waals surface area contributed by atoms with Gasteiger partial charge in [0.1, 0.15) is 6.54 Å². The van der Waals surface area contributed by atoms with Gasteiger partial charge in [-0.15, -0.1) is 0 Å². The SMILES string of the molecule is CC(C)(C)CC[n+]1ccccc1. The van der Waals surface area contributed by atoms with Gasteiger partial charge in [-0.1, -0.05) is 26.8 Å². The fourth-order valence-corrected chi connectivity index (χ4v) is 1.05. The minimum Gasteiger partial charge on any atom is -0.205 e. The van der Waals surface area contributed by atoms with E-state index in [4.69, 9.17) is 0 Å². The summed E-state index contributed by atoms with van der Waals surface area (Å²) >= 11 is 0. The molecule has 0 amide bonds. The van der Waals surface area contributed by atoms with Gasteiger partial charge in [0.15, 0.2) is 12.4 Å². The molecule has 0 radical (unpaired) electrons. The zero-order chi connectivity index (χ0) is 9.03. The molecular formula is C11H18N+. The summed E-state index contributed by atoms with van der Waals surface area (Å²) in [6, 6.07) is 6.19. The fraction of sp³-hybridized carbons (Fsp3) is 0.545. The maximum atomic E-state index is 2.27. The molecule has 1 rings (SSSR count). The molecule has 0 atom stereocenters. The second-order valence-corrected chi connectivity index (χ2v) is 4.42. The van der Waals surface area contributed by atoms with E-state index in [1.807, 2.05) is 6.07 Å². The molecule has 0 spiro atoms. The Labute approximate surface area is 75.1 Å². The Hall–Kier alpha value is -0.850. The van der Waals surface area contributed by atoms with E-state index in [-0.39, 0.29) is 0 Å². The summed E-state index contributed by atoms with van der Waals surface area (Å²) in [7, 11) is 0. The molecule has 1 aromatic rings. The van der Waals surface area contributed by atoms with Crippen LogP contribution in [0.15, 0.2) is 30.6 Å². The quantitative estimate of drug-likeness (QED) is 0.591. The standard InChI is InChI=1S/C11H18N/c1-11(2,3)7-10-12-8-5-4-6-9-12/h4-6,8-9H,7,10H2,1-3H3/q+1. The summed E-state index contributed by atoms with van der Waals surface area (Å²) in [5.74, 6) is 0. The maximum Gasteiger partial charge on any atom is 0.168 e. The molecule has 0 saturated heterocycles. The molecule has 66 valence electrons. The molecular weight excluding hydrogens is 146 g/mol. The monoisotopic (exact) mass is 164 g/mol. The first-order valence-corrected chi connectivity index (χ1v) is 4.52. The lowest BCUT2D eigenvalue weighted by atomic mass is 9.92. The first-order valence-electron chi connectivity index (χ1n) is 4.52. The fourth-order valence-electron chi connectivity index (χ4n) is 1.05. The van der Waals surface area contributed by atoms with Crippen LogP contribution >= 0.6 is 0 Å². The van der Waals surface area contributed by atoms with Crippen molar-refractivity contribution >= 4 is 0 Å². The molecule has 0 unspecified atom stereocenters. The third kappa shape index (κ3) is 3.51. The van der Waals surface area contributed by atoms with Gasteiger partial charge in [-0.05, 0) is 5.41 Å². The van der Waals surface area contributed by atoms with Gasteiger partial charge in [0.05, 0.1) is 0 Å². The average Bonchev–Trinajstić information content (AvgIpc) is 2.02. The minimum absolute atomic E-state index is 0.433. The molecule has 1 heteroatoms. The zero-order valence-electron chi connectivity index (χ0n) is 8.25. The van der Waals surface area contributed by atoms with Gasteiger partial charge >= 0.3 is 0 Å². The van der Waals surface area contributed by atoms with Crippen molar-refractivity contribution in [2.45, 2.75) is 33.7 Å². The smallest absolute Gasteiger partial charge is 0.168 e. The third-order valence-electron chi connectivity index (χ3n) is 1.90. The van der Waals surface area contributed by atoms with E-state index in [0.717, 1.165) is 6.54 Å². The van der Waals surface area contributed by atoms with Crippen LogP contribution in [0.5, 0.6) is 0 Å². The Bertz CT molecular complexity index is 221. The number of pyridine rings is 1. The van der Waals surface area contributed by atoms with Crippen LogP contribution in [0.2, 0.25) is 0 Å². The zero-order valence-corrected chi connectivity index (χ0v) is 8.25. The molecule has 0 aliphatic rings. The minimum atomic E-state index is 0.433. The molecule has 0 fully saturated rings. The van der Waals surface area contributed by atoms with E-state index in [0.29, 0.717) is 5.41 Å². The lowest BCUT2D eigenvalue weighted by molar-refractivity contribution is -0.698. The van der Waals surface area contributed by atoms with E-state index in [2.05, 4.69) is 49.9 Å². The summed E-state index contributed by atoms with van der Waals surface area (Å²) in [6.45, 7) is 7.94. The van der Waals surface area contributed by atoms with Crippen LogP contribution in [0.25, 0.3) is 0 Å². The van der Waals surface area contributed by atoms with Crippen molar-refractivity contribution in [3.05, 3.63) is 30.6 Å². The van der Waals surface area contributed by atoms with E-state index >= 15 is 0 Å². The van der Waals surface area contributed by atoms with Crippen LogP contribution in [0.1, 0.15) is 27.2 Å². The molecule has 0 aliphatic heterocycles. The Morgan fingerprint density at radius 2 is 1.58 bits per heavy atom. The normalized spacial score (nSPS) is 11.6. The summed E-state index contributed by atoms with van der Waals surface area (Å²) in [5.41, 5.74) is 0.433. The van der Waals surface area contributed by atoms with E-state index in [9.17, 15) is 0 Å². The largest absolute Gasteiger partial charge is 0.205 e. The summed E-state index contributed by atoms with van der Waals surface area (Å²) in [5, 5.41) is 0. The highest BCUT2D eigenvalue weighted by molar-refractivity contribution is 4.83. The van der Waals surface area contributed by atoms with Crippen molar-refractivity contribution in [2.24, 2.45) is 5.41 Å². The van der Waals surface area contributed by atoms with Gasteiger partial charge < -0.3 is 0 Å². The first-order chi connectivity index (χ1) is 5.58. The predicted octanol–water partition coefficient (Wildman–Crippen LogP) is 2.41. The molecule has 1 aromatic heterocycles. The topological polar surface area (TPSA) is 3.88 Å². The number of hydrogen-bond donors (Lipinski definition) is 0. The summed E-state index contributed by atoms with van der Waals surface area (Å²) in [6.07, 6.45) is 5.46. The Morgan fingerprint density at radius 1 is 1.00 bits per heavy atom. The molecule has 0 saturated carbocycles. The van der Waals surface area contributed by atoms with Crippen LogP contribution in [-0.2, 0) is 6.54 Å². The van der Waals surface area contributed by atoms with E-state index < -0.39 is 0 Å². The third-order valence-corrected chi connectivity index (χ3v) is 1.90. The van der Waals surface area contributed by atoms with Gasteiger partial charge in [0.2, 0.25) is 0 Å². The molecule has 0 N–H and O–H groups in total. The van der Waals surface area contributed by atoms with Gasteiger partial charge in [-0.25, -0.2) is 4.57 Å². The molecule has 1 nitrogen and oxygen atoms in total. The molecule has 1 heterocycles. The highest BCUT2D eigenvalue weighted by Crippen LogP contribution is 2.17. The second-order valence-electron chi connectivity index (χ2n) is 4.42. The van der Waals surface area contributed by atoms with Crippen molar-refractivity contribution in [1.29, 1.82) is 0 Å². The van der Waals surface area contributed by atoms with Gasteiger partial charge in [-0.3, -0.25) is 0 Å². The average molecular weight is 164 g/mol. The van der Waals surface area contributed by atoms with Crippen LogP contribution in [0, 0.1) is 5.41 Å². The summed E-state index contributed by atoms with van der Waals surface area (Å²) < 4.78 is 2.23. The number of rotatable bonds is 2. The number of nitrogens with zero attached hydrogens (tertiary/aromatic N) is 1. The molecule has 0 aromatic carbocycles. The van der Waals surface area contributed by atoms with Crippen LogP contribution in [-0.4, -0.2) is 0 Å². The molecule has 12 heavy (non-hydrogen) atoms. The van der Waals surface area contributed by atoms with Crippen molar-refractivity contribution < 1.29 is 4.57 Å². The predicted molar refractivity (Wildman–Crippen MR) is 50.7 cm³/mol. The Kier molecular flexibility index (Phi) is 2.85. The highest BCUT2D eigenvalue weighted by Gasteiger charge is 2.12. The van der Waals surface area contributed by atoms with E-state index in [1.165, 1.54) is 6.42 Å².